The minimum Gasteiger partial charge on any atom is -0.392 e. The lowest BCUT2D eigenvalue weighted by atomic mass is 10.3. The number of aliphatic hydroxyl groups excluding tert-OH is 1. The first-order valence-electron chi connectivity index (χ1n) is 5.44. The zero-order chi connectivity index (χ0) is 14.2. The van der Waals surface area contributed by atoms with E-state index in [0.717, 1.165) is 16.4 Å². The van der Waals surface area contributed by atoms with Crippen LogP contribution in [0.4, 0.5) is 5.69 Å². The van der Waals surface area contributed by atoms with Crippen molar-refractivity contribution in [2.45, 2.75) is 17.4 Å². The van der Waals surface area contributed by atoms with Gasteiger partial charge in [-0.15, -0.1) is 0 Å². The molecule has 9 heteroatoms. The largest absolute Gasteiger partial charge is 0.392 e. The second kappa shape index (κ2) is 5.04. The van der Waals surface area contributed by atoms with Crippen molar-refractivity contribution in [1.82, 2.24) is 4.31 Å². The van der Waals surface area contributed by atoms with Gasteiger partial charge in [0.1, 0.15) is 4.90 Å². The first-order chi connectivity index (χ1) is 8.82. The minimum absolute atomic E-state index is 0.0264. The number of non-ortho nitro benzene ring substituents is 1. The van der Waals surface area contributed by atoms with Gasteiger partial charge < -0.3 is 5.11 Å². The Morgan fingerprint density at radius 1 is 1.47 bits per heavy atom. The average Bonchev–Trinajstić information content (AvgIpc) is 2.76. The Bertz CT molecular complexity index is 618. The molecule has 1 fully saturated rings. The summed E-state index contributed by atoms with van der Waals surface area (Å²) in [5.41, 5.74) is -0.345. The fourth-order valence-corrected chi connectivity index (χ4v) is 3.86. The van der Waals surface area contributed by atoms with E-state index in [2.05, 4.69) is 0 Å². The molecule has 1 heterocycles. The number of sulfonamides is 1. The van der Waals surface area contributed by atoms with E-state index < -0.39 is 21.1 Å². The van der Waals surface area contributed by atoms with Crippen LogP contribution < -0.4 is 0 Å². The number of nitro benzene ring substituents is 1. The molecule has 0 radical (unpaired) electrons. The van der Waals surface area contributed by atoms with Gasteiger partial charge in [-0.3, -0.25) is 10.1 Å². The smallest absolute Gasteiger partial charge is 0.270 e. The molecule has 2 rings (SSSR count). The highest BCUT2D eigenvalue weighted by atomic mass is 35.5. The summed E-state index contributed by atoms with van der Waals surface area (Å²) in [4.78, 5) is 9.68. The molecule has 0 unspecified atom stereocenters. The number of hydrogen-bond acceptors (Lipinski definition) is 5. The van der Waals surface area contributed by atoms with Gasteiger partial charge in [-0.1, -0.05) is 11.6 Å². The van der Waals surface area contributed by atoms with E-state index in [1.54, 1.807) is 0 Å². The zero-order valence-corrected chi connectivity index (χ0v) is 11.3. The molecular weight excluding hydrogens is 296 g/mol. The molecule has 1 aliphatic rings. The van der Waals surface area contributed by atoms with E-state index in [-0.39, 0.29) is 28.7 Å². The van der Waals surface area contributed by atoms with Crippen molar-refractivity contribution in [2.75, 3.05) is 13.1 Å². The Labute approximate surface area is 114 Å². The minimum atomic E-state index is -3.92. The zero-order valence-electron chi connectivity index (χ0n) is 9.69. The summed E-state index contributed by atoms with van der Waals surface area (Å²) in [6.45, 7) is 0.143. The van der Waals surface area contributed by atoms with Crippen LogP contribution in [0.2, 0.25) is 5.02 Å². The number of nitrogens with zero attached hydrogens (tertiary/aromatic N) is 2. The Morgan fingerprint density at radius 3 is 2.68 bits per heavy atom. The van der Waals surface area contributed by atoms with Crippen LogP contribution in [0.1, 0.15) is 6.42 Å². The van der Waals surface area contributed by atoms with Gasteiger partial charge >= 0.3 is 0 Å². The van der Waals surface area contributed by atoms with Crippen molar-refractivity contribution >= 4 is 27.3 Å². The summed E-state index contributed by atoms with van der Waals surface area (Å²) >= 11 is 5.81. The summed E-state index contributed by atoms with van der Waals surface area (Å²) in [7, 11) is -3.92. The Kier molecular flexibility index (Phi) is 3.77. The predicted octanol–water partition coefficient (Wildman–Crippen LogP) is 1.00. The van der Waals surface area contributed by atoms with Crippen molar-refractivity contribution in [3.63, 3.8) is 0 Å². The van der Waals surface area contributed by atoms with Crippen LogP contribution in [0.15, 0.2) is 23.1 Å². The Morgan fingerprint density at radius 2 is 2.16 bits per heavy atom. The van der Waals surface area contributed by atoms with Crippen molar-refractivity contribution < 1.29 is 18.4 Å². The average molecular weight is 307 g/mol. The van der Waals surface area contributed by atoms with Crippen LogP contribution in [-0.2, 0) is 10.0 Å². The monoisotopic (exact) mass is 306 g/mol. The number of halogens is 1. The molecule has 1 saturated heterocycles. The van der Waals surface area contributed by atoms with Gasteiger partial charge in [0.2, 0.25) is 10.0 Å². The third kappa shape index (κ3) is 2.71. The highest BCUT2D eigenvalue weighted by molar-refractivity contribution is 7.89. The van der Waals surface area contributed by atoms with Crippen LogP contribution in [-0.4, -0.2) is 41.9 Å². The summed E-state index contributed by atoms with van der Waals surface area (Å²) in [5, 5.41) is 20.0. The standard InChI is InChI=1S/C10H11ClN2O5S/c11-9-2-1-7(13(15)16)5-10(9)19(17,18)12-4-3-8(14)6-12/h1-2,5,8,14H,3-4,6H2/t8-/m0/s1. The van der Waals surface area contributed by atoms with Crippen molar-refractivity contribution in [2.24, 2.45) is 0 Å². The van der Waals surface area contributed by atoms with E-state index >= 15 is 0 Å². The number of hydrogen-bond donors (Lipinski definition) is 1. The quantitative estimate of drug-likeness (QED) is 0.663. The molecule has 0 amide bonds. The van der Waals surface area contributed by atoms with Crippen molar-refractivity contribution in [1.29, 1.82) is 0 Å². The lowest BCUT2D eigenvalue weighted by molar-refractivity contribution is -0.385. The van der Waals surface area contributed by atoms with Crippen molar-refractivity contribution in [3.05, 3.63) is 33.3 Å². The van der Waals surface area contributed by atoms with Gasteiger partial charge in [-0.2, -0.15) is 4.31 Å². The van der Waals surface area contributed by atoms with E-state index in [1.807, 2.05) is 0 Å². The summed E-state index contributed by atoms with van der Waals surface area (Å²) in [6, 6.07) is 3.25. The number of β-amino-alcohol motifs (C(OH)–C–C–N with tert-alkyl or cyclic N) is 1. The van der Waals surface area contributed by atoms with Crippen molar-refractivity contribution in [3.8, 4) is 0 Å². The van der Waals surface area contributed by atoms with Gasteiger partial charge in [-0.05, 0) is 12.5 Å². The molecular formula is C10H11ClN2O5S. The predicted molar refractivity (Wildman–Crippen MR) is 67.5 cm³/mol. The highest BCUT2D eigenvalue weighted by Crippen LogP contribution is 2.30. The van der Waals surface area contributed by atoms with Gasteiger partial charge in [0.25, 0.3) is 5.69 Å². The van der Waals surface area contributed by atoms with Crippen LogP contribution in [0.3, 0.4) is 0 Å². The molecule has 19 heavy (non-hydrogen) atoms. The first kappa shape index (κ1) is 14.2. The SMILES string of the molecule is O=[N+]([O-])c1ccc(Cl)c(S(=O)(=O)N2CC[C@H](O)C2)c1. The third-order valence-electron chi connectivity index (χ3n) is 2.87. The lowest BCUT2D eigenvalue weighted by Crippen LogP contribution is -2.30. The summed E-state index contributed by atoms with van der Waals surface area (Å²) < 4.78 is 25.6. The van der Waals surface area contributed by atoms with E-state index in [4.69, 9.17) is 11.6 Å². The fourth-order valence-electron chi connectivity index (χ4n) is 1.87. The maximum absolute atomic E-state index is 12.3. The number of nitro groups is 1. The molecule has 1 N–H and O–H groups in total. The molecule has 1 atom stereocenters. The van der Waals surface area contributed by atoms with E-state index in [0.29, 0.717) is 6.42 Å². The topological polar surface area (TPSA) is 101 Å². The summed E-state index contributed by atoms with van der Waals surface area (Å²) in [5.74, 6) is 0. The molecule has 1 aromatic carbocycles. The molecule has 0 bridgehead atoms. The molecule has 0 saturated carbocycles. The number of benzene rings is 1. The van der Waals surface area contributed by atoms with Gasteiger partial charge in [-0.25, -0.2) is 8.42 Å². The maximum Gasteiger partial charge on any atom is 0.270 e. The fraction of sp³-hybridized carbons (Fsp3) is 0.400. The highest BCUT2D eigenvalue weighted by Gasteiger charge is 2.33. The van der Waals surface area contributed by atoms with Crippen LogP contribution >= 0.6 is 11.6 Å². The van der Waals surface area contributed by atoms with Gasteiger partial charge in [0.05, 0.1) is 16.0 Å². The van der Waals surface area contributed by atoms with E-state index in [9.17, 15) is 23.6 Å². The first-order valence-corrected chi connectivity index (χ1v) is 7.26. The molecule has 0 aliphatic carbocycles. The third-order valence-corrected chi connectivity index (χ3v) is 5.22. The Balaban J connectivity index is 2.45. The lowest BCUT2D eigenvalue weighted by Gasteiger charge is -2.16. The molecule has 104 valence electrons. The van der Waals surface area contributed by atoms with Crippen LogP contribution in [0.25, 0.3) is 0 Å². The van der Waals surface area contributed by atoms with Crippen LogP contribution in [0, 0.1) is 10.1 Å². The second-order valence-electron chi connectivity index (χ2n) is 4.18. The number of aliphatic hydroxyl groups is 1. The summed E-state index contributed by atoms with van der Waals surface area (Å²) in [6.07, 6.45) is -0.376. The normalized spacial score (nSPS) is 20.6. The molecule has 7 nitrogen and oxygen atoms in total. The molecule has 0 aromatic heterocycles. The Hall–Kier alpha value is -1.22. The van der Waals surface area contributed by atoms with E-state index in [1.165, 1.54) is 6.07 Å². The molecule has 0 spiro atoms. The van der Waals surface area contributed by atoms with Crippen LogP contribution in [0.5, 0.6) is 0 Å². The second-order valence-corrected chi connectivity index (χ2v) is 6.49. The maximum atomic E-state index is 12.3. The number of rotatable bonds is 3. The molecule has 1 aliphatic heterocycles. The molecule has 1 aromatic rings. The van der Waals surface area contributed by atoms with Gasteiger partial charge in [0.15, 0.2) is 0 Å². The van der Waals surface area contributed by atoms with Gasteiger partial charge in [0, 0.05) is 25.2 Å².